The summed E-state index contributed by atoms with van der Waals surface area (Å²) in [6.45, 7) is 0.175. The van der Waals surface area contributed by atoms with Crippen LogP contribution in [0.15, 0.2) is 82.5 Å². The zero-order chi connectivity index (χ0) is 20.9. The third-order valence-corrected chi connectivity index (χ3v) is 4.75. The lowest BCUT2D eigenvalue weighted by atomic mass is 10.2. The molecule has 150 valence electrons. The van der Waals surface area contributed by atoms with E-state index in [1.54, 1.807) is 54.7 Å². The van der Waals surface area contributed by atoms with Gasteiger partial charge in [-0.25, -0.2) is 9.97 Å². The summed E-state index contributed by atoms with van der Waals surface area (Å²) in [4.78, 5) is 33.1. The van der Waals surface area contributed by atoms with Crippen molar-refractivity contribution >= 4 is 32.8 Å². The van der Waals surface area contributed by atoms with E-state index in [4.69, 9.17) is 9.47 Å². The van der Waals surface area contributed by atoms with E-state index in [0.29, 0.717) is 28.3 Å². The second kappa shape index (κ2) is 8.87. The van der Waals surface area contributed by atoms with Crippen LogP contribution in [-0.4, -0.2) is 20.5 Å². The Hall–Kier alpha value is -3.52. The van der Waals surface area contributed by atoms with Crippen LogP contribution in [0.4, 0.5) is 0 Å². The minimum absolute atomic E-state index is 0.0350. The lowest BCUT2D eigenvalue weighted by molar-refractivity contribution is -0.134. The zero-order valence-corrected chi connectivity index (χ0v) is 17.3. The summed E-state index contributed by atoms with van der Waals surface area (Å²) in [5, 5.41) is 0.490. The van der Waals surface area contributed by atoms with Crippen LogP contribution >= 0.6 is 15.9 Å². The molecule has 0 aliphatic carbocycles. The summed E-state index contributed by atoms with van der Waals surface area (Å²) in [7, 11) is 0. The average Bonchev–Trinajstić information content (AvgIpc) is 2.76. The molecule has 2 aromatic heterocycles. The number of benzene rings is 2. The Morgan fingerprint density at radius 1 is 1.00 bits per heavy atom. The molecule has 0 spiro atoms. The maximum Gasteiger partial charge on any atom is 0.312 e. The summed E-state index contributed by atoms with van der Waals surface area (Å²) in [6, 6.07) is 17.3. The molecule has 4 aromatic rings. The topological polar surface area (TPSA) is 83.3 Å². The minimum Gasteiger partial charge on any atom is -0.439 e. The van der Waals surface area contributed by atoms with Crippen molar-refractivity contribution in [3.05, 3.63) is 88.0 Å². The summed E-state index contributed by atoms with van der Waals surface area (Å²) >= 11 is 3.35. The van der Waals surface area contributed by atoms with Gasteiger partial charge in [0.1, 0.15) is 11.5 Å². The number of fused-ring (bicyclic) bond motifs is 1. The summed E-state index contributed by atoms with van der Waals surface area (Å²) in [6.07, 6.45) is 3.11. The second-order valence-corrected chi connectivity index (χ2v) is 7.29. The highest BCUT2D eigenvalue weighted by Crippen LogP contribution is 2.22. The van der Waals surface area contributed by atoms with Crippen LogP contribution in [0, 0.1) is 0 Å². The highest BCUT2D eigenvalue weighted by Gasteiger charge is 2.09. The van der Waals surface area contributed by atoms with Crippen molar-refractivity contribution in [3.8, 4) is 17.4 Å². The van der Waals surface area contributed by atoms with Gasteiger partial charge in [-0.3, -0.25) is 14.2 Å². The molecule has 0 amide bonds. The van der Waals surface area contributed by atoms with Crippen LogP contribution in [0.3, 0.4) is 0 Å². The Labute approximate surface area is 180 Å². The first kappa shape index (κ1) is 19.8. The van der Waals surface area contributed by atoms with Gasteiger partial charge in [-0.15, -0.1) is 0 Å². The Bertz CT molecular complexity index is 1240. The number of ether oxygens (including phenoxy) is 2. The van der Waals surface area contributed by atoms with Crippen molar-refractivity contribution in [2.24, 2.45) is 0 Å². The van der Waals surface area contributed by atoms with Crippen LogP contribution in [-0.2, 0) is 11.3 Å². The molecule has 0 atom stereocenters. The van der Waals surface area contributed by atoms with E-state index >= 15 is 0 Å². The molecule has 0 unspecified atom stereocenters. The summed E-state index contributed by atoms with van der Waals surface area (Å²) in [5.74, 6) is 0.994. The van der Waals surface area contributed by atoms with Gasteiger partial charge in [-0.2, -0.15) is 0 Å². The lowest BCUT2D eigenvalue weighted by Gasteiger charge is -2.08. The number of rotatable bonds is 6. The van der Waals surface area contributed by atoms with Crippen LogP contribution in [0.1, 0.15) is 6.42 Å². The van der Waals surface area contributed by atoms with Gasteiger partial charge in [0.25, 0.3) is 5.56 Å². The predicted molar refractivity (Wildman–Crippen MR) is 115 cm³/mol. The van der Waals surface area contributed by atoms with Gasteiger partial charge in [0.15, 0.2) is 0 Å². The van der Waals surface area contributed by atoms with Crippen molar-refractivity contribution in [1.82, 2.24) is 14.5 Å². The van der Waals surface area contributed by atoms with E-state index in [-0.39, 0.29) is 18.5 Å². The number of carbonyl (C=O) groups excluding carboxylic acids is 1. The molecular formula is C22H16BrN3O4. The molecule has 2 aromatic carbocycles. The number of hydrogen-bond donors (Lipinski definition) is 0. The normalized spacial score (nSPS) is 10.7. The van der Waals surface area contributed by atoms with Gasteiger partial charge >= 0.3 is 5.97 Å². The zero-order valence-electron chi connectivity index (χ0n) is 15.7. The fourth-order valence-corrected chi connectivity index (χ4v) is 3.15. The number of hydrogen-bond acceptors (Lipinski definition) is 6. The van der Waals surface area contributed by atoms with E-state index < -0.39 is 5.97 Å². The number of halogens is 1. The number of nitrogens with zero attached hydrogens (tertiary/aromatic N) is 3. The number of esters is 1. The quantitative estimate of drug-likeness (QED) is 0.311. The fourth-order valence-electron chi connectivity index (χ4n) is 2.79. The van der Waals surface area contributed by atoms with E-state index in [1.165, 1.54) is 10.9 Å². The number of aryl methyl sites for hydroxylation is 1. The maximum absolute atomic E-state index is 12.6. The van der Waals surface area contributed by atoms with Crippen LogP contribution < -0.4 is 15.0 Å². The second-order valence-electron chi connectivity index (χ2n) is 6.37. The van der Waals surface area contributed by atoms with Gasteiger partial charge in [0.2, 0.25) is 5.88 Å². The van der Waals surface area contributed by atoms with Gasteiger partial charge < -0.3 is 9.47 Å². The first-order valence-electron chi connectivity index (χ1n) is 9.13. The first-order chi connectivity index (χ1) is 14.6. The van der Waals surface area contributed by atoms with Crippen LogP contribution in [0.25, 0.3) is 10.9 Å². The number of carbonyl (C=O) groups is 1. The largest absolute Gasteiger partial charge is 0.439 e. The molecule has 0 saturated heterocycles. The molecule has 0 fully saturated rings. The molecule has 0 bridgehead atoms. The Balaban J connectivity index is 1.36. The van der Waals surface area contributed by atoms with Crippen molar-refractivity contribution in [2.45, 2.75) is 13.0 Å². The molecule has 0 aliphatic rings. The molecule has 2 heterocycles. The maximum atomic E-state index is 12.6. The first-order valence-corrected chi connectivity index (χ1v) is 9.92. The van der Waals surface area contributed by atoms with Crippen LogP contribution in [0.2, 0.25) is 0 Å². The Kier molecular flexibility index (Phi) is 5.85. The van der Waals surface area contributed by atoms with E-state index in [1.807, 2.05) is 12.1 Å². The average molecular weight is 466 g/mol. The molecule has 7 nitrogen and oxygen atoms in total. The molecule has 0 radical (unpaired) electrons. The Morgan fingerprint density at radius 3 is 2.57 bits per heavy atom. The molecule has 0 N–H and O–H groups in total. The highest BCUT2D eigenvalue weighted by molar-refractivity contribution is 9.10. The van der Waals surface area contributed by atoms with Crippen molar-refractivity contribution < 1.29 is 14.3 Å². The summed E-state index contributed by atoms with van der Waals surface area (Å²) in [5.41, 5.74) is 0.403. The number of aromatic nitrogens is 3. The van der Waals surface area contributed by atoms with Gasteiger partial charge in [-0.05, 0) is 48.5 Å². The third-order valence-electron chi connectivity index (χ3n) is 4.26. The van der Waals surface area contributed by atoms with E-state index in [2.05, 4.69) is 25.9 Å². The fraction of sp³-hybridized carbons (Fsp3) is 0.0909. The van der Waals surface area contributed by atoms with Gasteiger partial charge in [0.05, 0.1) is 23.7 Å². The van der Waals surface area contributed by atoms with Gasteiger partial charge in [-0.1, -0.05) is 22.0 Å². The molecule has 4 rings (SSSR count). The lowest BCUT2D eigenvalue weighted by Crippen LogP contribution is -2.23. The Morgan fingerprint density at radius 2 is 1.80 bits per heavy atom. The smallest absolute Gasteiger partial charge is 0.312 e. The predicted octanol–water partition coefficient (Wildman–Crippen LogP) is 4.34. The van der Waals surface area contributed by atoms with Gasteiger partial charge in [0, 0.05) is 23.3 Å². The van der Waals surface area contributed by atoms with Crippen molar-refractivity contribution in [2.75, 3.05) is 0 Å². The highest BCUT2D eigenvalue weighted by atomic mass is 79.9. The molecule has 30 heavy (non-hydrogen) atoms. The molecule has 0 saturated carbocycles. The van der Waals surface area contributed by atoms with Crippen molar-refractivity contribution in [1.29, 1.82) is 0 Å². The third kappa shape index (κ3) is 4.72. The monoisotopic (exact) mass is 465 g/mol. The molecule has 8 heteroatoms. The van der Waals surface area contributed by atoms with Crippen LogP contribution in [0.5, 0.6) is 17.4 Å². The number of pyridine rings is 1. The van der Waals surface area contributed by atoms with Crippen molar-refractivity contribution in [3.63, 3.8) is 0 Å². The molecule has 0 aliphatic heterocycles. The standard InChI is InChI=1S/C22H16BrN3O4/c23-15-4-9-19-18(13-15)22(28)26(14-25-19)12-10-21(27)30-17-7-5-16(6-8-17)29-20-3-1-2-11-24-20/h1-9,11,13-14H,10,12H2. The van der Waals surface area contributed by atoms with E-state index in [0.717, 1.165) is 4.47 Å². The molecular weight excluding hydrogens is 450 g/mol. The summed E-state index contributed by atoms with van der Waals surface area (Å²) < 4.78 is 13.1. The van der Waals surface area contributed by atoms with E-state index in [9.17, 15) is 9.59 Å². The SMILES string of the molecule is O=C(CCn1cnc2ccc(Br)cc2c1=O)Oc1ccc(Oc2ccccn2)cc1. The minimum atomic E-state index is -0.449.